The predicted molar refractivity (Wildman–Crippen MR) is 106 cm³/mol. The van der Waals surface area contributed by atoms with E-state index in [1.807, 2.05) is 24.4 Å². The number of para-hydroxylation sites is 1. The Morgan fingerprint density at radius 3 is 3.04 bits per heavy atom. The lowest BCUT2D eigenvalue weighted by Crippen LogP contribution is -2.41. The number of aliphatic imine (C=N–C) groups is 1. The highest BCUT2D eigenvalue weighted by molar-refractivity contribution is 7.12. The molecule has 1 aliphatic carbocycles. The van der Waals surface area contributed by atoms with Gasteiger partial charge in [-0.1, -0.05) is 31.5 Å². The molecule has 1 aliphatic heterocycles. The number of nitrogens with zero attached hydrogens (tertiary/aromatic N) is 2. The topological polar surface area (TPSA) is 53.2 Å². The fourth-order valence-corrected chi connectivity index (χ4v) is 5.50. The Morgan fingerprint density at radius 2 is 2.23 bits per heavy atom. The molecule has 0 saturated heterocycles. The van der Waals surface area contributed by atoms with Crippen LogP contribution < -0.4 is 0 Å². The summed E-state index contributed by atoms with van der Waals surface area (Å²) >= 11 is 1.62. The van der Waals surface area contributed by atoms with Gasteiger partial charge in [0.2, 0.25) is 0 Å². The summed E-state index contributed by atoms with van der Waals surface area (Å²) in [5.41, 5.74) is 2.72. The fourth-order valence-electron chi connectivity index (χ4n) is 4.36. The van der Waals surface area contributed by atoms with Crippen molar-refractivity contribution in [2.75, 3.05) is 0 Å². The predicted octanol–water partition coefficient (Wildman–Crippen LogP) is 5.45. The van der Waals surface area contributed by atoms with Gasteiger partial charge in [0.1, 0.15) is 16.7 Å². The van der Waals surface area contributed by atoms with Crippen molar-refractivity contribution in [3.8, 4) is 6.07 Å². The van der Waals surface area contributed by atoms with Crippen LogP contribution in [0.5, 0.6) is 0 Å². The molecule has 4 rings (SSSR count). The number of carbonyl (C=O) groups excluding carboxylic acids is 1. The first-order valence-corrected chi connectivity index (χ1v) is 10.2. The number of nitriles is 1. The number of benzene rings is 1. The molecule has 2 aliphatic rings. The normalized spacial score (nSPS) is 24.0. The first-order valence-electron chi connectivity index (χ1n) is 9.38. The van der Waals surface area contributed by atoms with Crippen molar-refractivity contribution >= 4 is 29.0 Å². The van der Waals surface area contributed by atoms with E-state index in [2.05, 4.69) is 30.1 Å². The van der Waals surface area contributed by atoms with Crippen LogP contribution in [0.4, 0.5) is 5.69 Å². The molecule has 1 aromatic heterocycles. The Morgan fingerprint density at radius 1 is 1.38 bits per heavy atom. The molecule has 2 aromatic rings. The van der Waals surface area contributed by atoms with Gasteiger partial charge in [0.15, 0.2) is 0 Å². The number of unbranched alkanes of at least 4 members (excludes halogenated alkanes) is 1. The molecule has 4 heteroatoms. The highest BCUT2D eigenvalue weighted by atomic mass is 32.1. The monoisotopic (exact) mass is 362 g/mol. The van der Waals surface area contributed by atoms with E-state index in [4.69, 9.17) is 0 Å². The smallest absolute Gasteiger partial charge is 0.148 e. The van der Waals surface area contributed by atoms with Gasteiger partial charge in [-0.3, -0.25) is 9.79 Å². The van der Waals surface area contributed by atoms with Crippen LogP contribution in [0.2, 0.25) is 0 Å². The van der Waals surface area contributed by atoms with E-state index < -0.39 is 5.41 Å². The van der Waals surface area contributed by atoms with E-state index in [1.54, 1.807) is 11.3 Å². The summed E-state index contributed by atoms with van der Waals surface area (Å²) < 4.78 is 0. The number of hydrogen-bond acceptors (Lipinski definition) is 4. The van der Waals surface area contributed by atoms with Crippen molar-refractivity contribution in [2.45, 2.75) is 56.8 Å². The SMILES string of the molecule is CCCCc1cc(C#N)sc1C1CCC(=O)C2(C=Nc3ccccc32)C1. The molecule has 0 N–H and O–H groups in total. The number of hydrogen-bond donors (Lipinski definition) is 0. The minimum absolute atomic E-state index is 0.287. The Labute approximate surface area is 158 Å². The Balaban J connectivity index is 1.71. The summed E-state index contributed by atoms with van der Waals surface area (Å²) in [6.45, 7) is 2.19. The molecule has 0 bridgehead atoms. The first kappa shape index (κ1) is 17.2. The first-order chi connectivity index (χ1) is 12.7. The summed E-state index contributed by atoms with van der Waals surface area (Å²) in [6, 6.07) is 12.4. The average molecular weight is 362 g/mol. The molecule has 132 valence electrons. The molecule has 1 aromatic carbocycles. The third-order valence-corrected chi connectivity index (χ3v) is 6.96. The molecule has 2 atom stereocenters. The van der Waals surface area contributed by atoms with Crippen LogP contribution in [0.25, 0.3) is 0 Å². The van der Waals surface area contributed by atoms with Gasteiger partial charge in [0.05, 0.1) is 11.1 Å². The molecule has 1 saturated carbocycles. The average Bonchev–Trinajstić information content (AvgIpc) is 3.25. The van der Waals surface area contributed by atoms with Crippen LogP contribution in [0.15, 0.2) is 35.3 Å². The third-order valence-electron chi connectivity index (χ3n) is 5.72. The van der Waals surface area contributed by atoms with Gasteiger partial charge in [-0.2, -0.15) is 5.26 Å². The molecule has 1 spiro atoms. The van der Waals surface area contributed by atoms with Gasteiger partial charge in [0, 0.05) is 17.5 Å². The van der Waals surface area contributed by atoms with Crippen molar-refractivity contribution in [1.29, 1.82) is 5.26 Å². The van der Waals surface area contributed by atoms with Gasteiger partial charge in [-0.05, 0) is 54.9 Å². The molecule has 2 unspecified atom stereocenters. The van der Waals surface area contributed by atoms with Crippen molar-refractivity contribution in [3.05, 3.63) is 51.2 Å². The Kier molecular flexibility index (Phi) is 4.50. The maximum Gasteiger partial charge on any atom is 0.148 e. The van der Waals surface area contributed by atoms with Crippen LogP contribution in [-0.4, -0.2) is 12.0 Å². The van der Waals surface area contributed by atoms with Crippen LogP contribution in [0.1, 0.15) is 65.8 Å². The number of Topliss-reactive ketones (excluding diaryl/α,β-unsaturated/α-hetero) is 1. The molecule has 0 radical (unpaired) electrons. The lowest BCUT2D eigenvalue weighted by Gasteiger charge is -2.35. The van der Waals surface area contributed by atoms with Crippen LogP contribution in [-0.2, 0) is 16.6 Å². The fraction of sp³-hybridized carbons (Fsp3) is 0.409. The van der Waals surface area contributed by atoms with Gasteiger partial charge in [-0.25, -0.2) is 0 Å². The Hall–Kier alpha value is -2.25. The lowest BCUT2D eigenvalue weighted by atomic mass is 9.65. The van der Waals surface area contributed by atoms with Crippen LogP contribution in [0.3, 0.4) is 0 Å². The quantitative estimate of drug-likeness (QED) is 0.726. The number of rotatable bonds is 4. The summed E-state index contributed by atoms with van der Waals surface area (Å²) in [5, 5.41) is 9.36. The van der Waals surface area contributed by atoms with E-state index in [0.29, 0.717) is 12.3 Å². The summed E-state index contributed by atoms with van der Waals surface area (Å²) in [5.74, 6) is 0.610. The summed E-state index contributed by atoms with van der Waals surface area (Å²) in [4.78, 5) is 19.6. The van der Waals surface area contributed by atoms with E-state index in [9.17, 15) is 10.1 Å². The maximum absolute atomic E-state index is 12.9. The van der Waals surface area contributed by atoms with Crippen molar-refractivity contribution in [1.82, 2.24) is 0 Å². The minimum Gasteiger partial charge on any atom is -0.298 e. The molecular weight excluding hydrogens is 340 g/mol. The van der Waals surface area contributed by atoms with E-state index in [0.717, 1.165) is 48.2 Å². The van der Waals surface area contributed by atoms with E-state index in [-0.39, 0.29) is 5.78 Å². The second kappa shape index (κ2) is 6.81. The zero-order valence-electron chi connectivity index (χ0n) is 15.0. The maximum atomic E-state index is 12.9. The molecular formula is C22H22N2OS. The Bertz CT molecular complexity index is 920. The van der Waals surface area contributed by atoms with E-state index in [1.165, 1.54) is 10.4 Å². The summed E-state index contributed by atoms with van der Waals surface area (Å²) in [6.07, 6.45) is 7.42. The standard InChI is InChI=1S/C22H22N2OS/c1-2-3-6-15-11-17(13-23)26-21(15)16-9-10-20(25)22(12-16)14-24-19-8-5-4-7-18(19)22/h4-5,7-8,11,14,16H,2-3,6,9-10,12H2,1H3. The molecule has 1 fully saturated rings. The third kappa shape index (κ3) is 2.71. The molecule has 0 amide bonds. The van der Waals surface area contributed by atoms with Crippen molar-refractivity contribution < 1.29 is 4.79 Å². The minimum atomic E-state index is -0.571. The molecule has 3 nitrogen and oxygen atoms in total. The van der Waals surface area contributed by atoms with E-state index >= 15 is 0 Å². The van der Waals surface area contributed by atoms with Gasteiger partial charge in [-0.15, -0.1) is 11.3 Å². The number of aryl methyl sites for hydroxylation is 1. The summed E-state index contributed by atoms with van der Waals surface area (Å²) in [7, 11) is 0. The number of ketones is 1. The van der Waals surface area contributed by atoms with Crippen LogP contribution in [0, 0.1) is 11.3 Å². The zero-order valence-corrected chi connectivity index (χ0v) is 15.8. The van der Waals surface area contributed by atoms with Crippen molar-refractivity contribution in [3.63, 3.8) is 0 Å². The number of fused-ring (bicyclic) bond motifs is 2. The van der Waals surface area contributed by atoms with Gasteiger partial charge < -0.3 is 0 Å². The number of carbonyl (C=O) groups is 1. The second-order valence-corrected chi connectivity index (χ2v) is 8.41. The highest BCUT2D eigenvalue weighted by Crippen LogP contribution is 2.50. The molecule has 26 heavy (non-hydrogen) atoms. The largest absolute Gasteiger partial charge is 0.298 e. The van der Waals surface area contributed by atoms with Crippen LogP contribution >= 0.6 is 11.3 Å². The zero-order chi connectivity index (χ0) is 18.1. The number of thiophene rings is 1. The van der Waals surface area contributed by atoms with Gasteiger partial charge in [0.25, 0.3) is 0 Å². The second-order valence-electron chi connectivity index (χ2n) is 7.33. The highest BCUT2D eigenvalue weighted by Gasteiger charge is 2.47. The van der Waals surface area contributed by atoms with Crippen molar-refractivity contribution in [2.24, 2.45) is 4.99 Å². The lowest BCUT2D eigenvalue weighted by molar-refractivity contribution is -0.124. The molecule has 2 heterocycles. The van der Waals surface area contributed by atoms with Gasteiger partial charge >= 0.3 is 0 Å².